The Morgan fingerprint density at radius 1 is 1.18 bits per heavy atom. The first kappa shape index (κ1) is 10.7. The van der Waals surface area contributed by atoms with Crippen LogP contribution in [-0.4, -0.2) is 9.97 Å². The molecule has 0 saturated heterocycles. The van der Waals surface area contributed by atoms with Gasteiger partial charge in [-0.15, -0.1) is 11.3 Å². The summed E-state index contributed by atoms with van der Waals surface area (Å²) in [5, 5.41) is 3.20. The van der Waals surface area contributed by atoms with Crippen molar-refractivity contribution >= 4 is 11.3 Å². The van der Waals surface area contributed by atoms with Crippen LogP contribution in [0.25, 0.3) is 0 Å². The first-order valence-corrected chi connectivity index (χ1v) is 6.79. The fraction of sp³-hybridized carbons (Fsp3) is 0.286. The van der Waals surface area contributed by atoms with Crippen molar-refractivity contribution in [3.8, 4) is 0 Å². The fourth-order valence-electron chi connectivity index (χ4n) is 2.44. The molecule has 0 fully saturated rings. The number of aromatic nitrogens is 2. The highest BCUT2D eigenvalue weighted by atomic mass is 32.1. The lowest BCUT2D eigenvalue weighted by Crippen LogP contribution is -2.28. The molecule has 2 nitrogen and oxygen atoms in total. The van der Waals surface area contributed by atoms with E-state index in [1.54, 1.807) is 11.3 Å². The maximum Gasteiger partial charge on any atom is 0.108 e. The molecule has 3 rings (SSSR count). The Bertz CT molecular complexity index is 504. The van der Waals surface area contributed by atoms with Gasteiger partial charge in [0.15, 0.2) is 0 Å². The molecule has 0 amide bonds. The van der Waals surface area contributed by atoms with Gasteiger partial charge in [0.1, 0.15) is 5.01 Å². The third-order valence-corrected chi connectivity index (χ3v) is 4.23. The first-order chi connectivity index (χ1) is 8.42. The minimum atomic E-state index is -0.0896. The van der Waals surface area contributed by atoms with E-state index in [2.05, 4.69) is 34.3 Å². The largest absolute Gasteiger partial charge is 0.260 e. The van der Waals surface area contributed by atoms with Crippen molar-refractivity contribution in [3.63, 3.8) is 0 Å². The van der Waals surface area contributed by atoms with Gasteiger partial charge in [-0.1, -0.05) is 18.2 Å². The van der Waals surface area contributed by atoms with Crippen LogP contribution < -0.4 is 0 Å². The predicted octanol–water partition coefficient (Wildman–Crippen LogP) is 3.56. The van der Waals surface area contributed by atoms with Crippen molar-refractivity contribution in [2.24, 2.45) is 0 Å². The highest BCUT2D eigenvalue weighted by Gasteiger charge is 2.36. The molecule has 1 unspecified atom stereocenters. The second-order valence-corrected chi connectivity index (χ2v) is 5.21. The number of hydrogen-bond donors (Lipinski definition) is 0. The molecule has 17 heavy (non-hydrogen) atoms. The zero-order chi connectivity index (χ0) is 11.6. The lowest BCUT2D eigenvalue weighted by molar-refractivity contribution is 0.514. The van der Waals surface area contributed by atoms with Crippen molar-refractivity contribution in [2.75, 3.05) is 0 Å². The first-order valence-electron chi connectivity index (χ1n) is 5.91. The molecule has 0 aliphatic heterocycles. The maximum atomic E-state index is 4.55. The van der Waals surface area contributed by atoms with Gasteiger partial charge in [0, 0.05) is 17.8 Å². The average Bonchev–Trinajstić information content (AvgIpc) is 2.95. The second-order valence-electron chi connectivity index (χ2n) is 4.32. The molecule has 0 saturated carbocycles. The van der Waals surface area contributed by atoms with Gasteiger partial charge in [-0.3, -0.25) is 4.98 Å². The Morgan fingerprint density at radius 3 is 2.82 bits per heavy atom. The van der Waals surface area contributed by atoms with Gasteiger partial charge >= 0.3 is 0 Å². The lowest BCUT2D eigenvalue weighted by atomic mass is 9.76. The quantitative estimate of drug-likeness (QED) is 0.752. The van der Waals surface area contributed by atoms with Crippen LogP contribution in [0.4, 0.5) is 0 Å². The number of pyridine rings is 1. The molecule has 0 aromatic carbocycles. The molecular formula is C14H14N2S. The Balaban J connectivity index is 2.15. The van der Waals surface area contributed by atoms with Crippen molar-refractivity contribution < 1.29 is 0 Å². The number of rotatable bonds is 2. The Labute approximate surface area is 105 Å². The van der Waals surface area contributed by atoms with Crippen LogP contribution in [0, 0.1) is 0 Å². The molecule has 1 atom stereocenters. The summed E-state index contributed by atoms with van der Waals surface area (Å²) in [4.78, 5) is 9.06. The van der Waals surface area contributed by atoms with Crippen LogP contribution >= 0.6 is 11.3 Å². The summed E-state index contributed by atoms with van der Waals surface area (Å²) < 4.78 is 0. The van der Waals surface area contributed by atoms with Gasteiger partial charge < -0.3 is 0 Å². The molecule has 2 aromatic heterocycles. The van der Waals surface area contributed by atoms with E-state index in [1.165, 1.54) is 12.8 Å². The van der Waals surface area contributed by atoms with E-state index in [4.69, 9.17) is 0 Å². The number of allylic oxidation sites excluding steroid dienone is 2. The van der Waals surface area contributed by atoms with Crippen LogP contribution in [0.3, 0.4) is 0 Å². The van der Waals surface area contributed by atoms with E-state index in [0.717, 1.165) is 17.1 Å². The van der Waals surface area contributed by atoms with Crippen molar-refractivity contribution in [1.82, 2.24) is 9.97 Å². The normalized spacial score (nSPS) is 23.8. The molecular weight excluding hydrogens is 228 g/mol. The highest BCUT2D eigenvalue weighted by Crippen LogP contribution is 2.40. The van der Waals surface area contributed by atoms with Gasteiger partial charge in [0.2, 0.25) is 0 Å². The summed E-state index contributed by atoms with van der Waals surface area (Å²) in [7, 11) is 0. The highest BCUT2D eigenvalue weighted by molar-refractivity contribution is 7.09. The van der Waals surface area contributed by atoms with Gasteiger partial charge in [0.25, 0.3) is 0 Å². The van der Waals surface area contributed by atoms with Crippen LogP contribution in [0.1, 0.15) is 30.0 Å². The molecule has 0 bridgehead atoms. The van der Waals surface area contributed by atoms with Crippen LogP contribution in [0.5, 0.6) is 0 Å². The zero-order valence-electron chi connectivity index (χ0n) is 9.54. The summed E-state index contributed by atoms with van der Waals surface area (Å²) in [6, 6.07) is 6.13. The third kappa shape index (κ3) is 1.80. The number of hydrogen-bond acceptors (Lipinski definition) is 3. The smallest absolute Gasteiger partial charge is 0.108 e. The molecule has 1 aliphatic carbocycles. The molecule has 2 aromatic rings. The van der Waals surface area contributed by atoms with Gasteiger partial charge in [-0.2, -0.15) is 0 Å². The summed E-state index contributed by atoms with van der Waals surface area (Å²) >= 11 is 1.72. The number of thiazole rings is 1. The van der Waals surface area contributed by atoms with E-state index < -0.39 is 0 Å². The summed E-state index contributed by atoms with van der Waals surface area (Å²) in [5.41, 5.74) is 1.03. The van der Waals surface area contributed by atoms with Gasteiger partial charge in [-0.05, 0) is 31.4 Å². The lowest BCUT2D eigenvalue weighted by Gasteiger charge is -2.30. The molecule has 0 radical (unpaired) electrons. The van der Waals surface area contributed by atoms with Crippen LogP contribution in [-0.2, 0) is 5.41 Å². The molecule has 0 N–H and O–H groups in total. The van der Waals surface area contributed by atoms with Crippen molar-refractivity contribution in [2.45, 2.75) is 24.7 Å². The van der Waals surface area contributed by atoms with Crippen LogP contribution in [0.2, 0.25) is 0 Å². The Morgan fingerprint density at radius 2 is 2.18 bits per heavy atom. The standard InChI is InChI=1S/C14H14N2S/c1-3-7-14(8-4-1,13-16-10-11-17-13)12-6-2-5-9-15-12/h2-3,5-7,9-11H,1,4,8H2. The van der Waals surface area contributed by atoms with Crippen molar-refractivity contribution in [3.05, 3.63) is 58.8 Å². The minimum absolute atomic E-state index is 0.0896. The average molecular weight is 242 g/mol. The molecule has 86 valence electrons. The molecule has 2 heterocycles. The Kier molecular flexibility index (Phi) is 2.77. The number of nitrogens with zero attached hydrogens (tertiary/aromatic N) is 2. The second kappa shape index (κ2) is 4.41. The summed E-state index contributed by atoms with van der Waals surface area (Å²) in [5.74, 6) is 0. The van der Waals surface area contributed by atoms with Gasteiger partial charge in [-0.25, -0.2) is 4.98 Å². The van der Waals surface area contributed by atoms with E-state index >= 15 is 0 Å². The zero-order valence-corrected chi connectivity index (χ0v) is 10.4. The van der Waals surface area contributed by atoms with E-state index in [0.29, 0.717) is 0 Å². The van der Waals surface area contributed by atoms with Gasteiger partial charge in [0.05, 0.1) is 11.1 Å². The van der Waals surface area contributed by atoms with E-state index in [-0.39, 0.29) is 5.41 Å². The van der Waals surface area contributed by atoms with E-state index in [1.807, 2.05) is 23.8 Å². The maximum absolute atomic E-state index is 4.55. The van der Waals surface area contributed by atoms with Crippen molar-refractivity contribution in [1.29, 1.82) is 0 Å². The monoisotopic (exact) mass is 242 g/mol. The Hall–Kier alpha value is -1.48. The fourth-order valence-corrected chi connectivity index (χ4v) is 3.30. The third-order valence-electron chi connectivity index (χ3n) is 3.28. The molecule has 1 aliphatic rings. The molecule has 0 spiro atoms. The van der Waals surface area contributed by atoms with Crippen LogP contribution in [0.15, 0.2) is 48.1 Å². The topological polar surface area (TPSA) is 25.8 Å². The predicted molar refractivity (Wildman–Crippen MR) is 70.1 cm³/mol. The SMILES string of the molecule is C1=CC(c2ccccn2)(c2nccs2)CCC1. The van der Waals surface area contributed by atoms with E-state index in [9.17, 15) is 0 Å². The minimum Gasteiger partial charge on any atom is -0.260 e. The molecule has 3 heteroatoms. The summed E-state index contributed by atoms with van der Waals surface area (Å²) in [6.45, 7) is 0. The summed E-state index contributed by atoms with van der Waals surface area (Å²) in [6.07, 6.45) is 11.8.